The molecule has 0 radical (unpaired) electrons. The molecule has 5 heteroatoms. The topological polar surface area (TPSA) is 54.3 Å². The maximum absolute atomic E-state index is 12.8. The van der Waals surface area contributed by atoms with Crippen LogP contribution in [-0.2, 0) is 29.1 Å². The van der Waals surface area contributed by atoms with Crippen LogP contribution in [0.4, 0.5) is 5.69 Å². The van der Waals surface area contributed by atoms with E-state index in [4.69, 9.17) is 0 Å². The summed E-state index contributed by atoms with van der Waals surface area (Å²) in [5.41, 5.74) is 4.29. The van der Waals surface area contributed by atoms with Gasteiger partial charge in [0.1, 0.15) is 6.54 Å². The van der Waals surface area contributed by atoms with Crippen LogP contribution in [0.2, 0.25) is 0 Å². The molecule has 26 heavy (non-hydrogen) atoms. The third kappa shape index (κ3) is 3.08. The molecule has 0 spiro atoms. The number of fused-ring (bicyclic) bond motifs is 2. The summed E-state index contributed by atoms with van der Waals surface area (Å²) in [6, 6.07) is 16.0. The van der Waals surface area contributed by atoms with E-state index < -0.39 is 0 Å². The van der Waals surface area contributed by atoms with Gasteiger partial charge in [0, 0.05) is 31.6 Å². The van der Waals surface area contributed by atoms with E-state index in [1.807, 2.05) is 46.0 Å². The molecule has 0 fully saturated rings. The summed E-state index contributed by atoms with van der Waals surface area (Å²) in [5.74, 6) is 0.00948. The van der Waals surface area contributed by atoms with E-state index >= 15 is 0 Å². The van der Waals surface area contributed by atoms with Crippen LogP contribution in [0.15, 0.2) is 54.7 Å². The molecule has 2 amide bonds. The number of carbonyl (C=O) groups is 2. The largest absolute Gasteiger partial charge is 0.338 e. The second kappa shape index (κ2) is 6.67. The summed E-state index contributed by atoms with van der Waals surface area (Å²) in [6.07, 6.45) is 2.81. The van der Waals surface area contributed by atoms with Crippen molar-refractivity contribution in [2.45, 2.75) is 26.4 Å². The van der Waals surface area contributed by atoms with Crippen LogP contribution in [0.1, 0.15) is 18.1 Å². The quantitative estimate of drug-likeness (QED) is 0.791. The molecule has 0 atom stereocenters. The molecule has 1 aliphatic rings. The number of carbonyl (C=O) groups excluding carboxylic acids is 2. The highest BCUT2D eigenvalue weighted by Gasteiger charge is 2.21. The molecule has 1 N–H and O–H groups in total. The molecule has 0 unspecified atom stereocenters. The first kappa shape index (κ1) is 16.4. The van der Waals surface area contributed by atoms with Crippen molar-refractivity contribution in [3.05, 3.63) is 65.9 Å². The van der Waals surface area contributed by atoms with Crippen LogP contribution in [-0.4, -0.2) is 27.8 Å². The Morgan fingerprint density at radius 3 is 2.65 bits per heavy atom. The van der Waals surface area contributed by atoms with Crippen molar-refractivity contribution in [1.29, 1.82) is 0 Å². The lowest BCUT2D eigenvalue weighted by Gasteiger charge is -2.29. The van der Waals surface area contributed by atoms with Crippen molar-refractivity contribution in [1.82, 2.24) is 9.47 Å². The maximum Gasteiger partial charge on any atom is 0.242 e. The van der Waals surface area contributed by atoms with Crippen molar-refractivity contribution in [2.75, 3.05) is 11.9 Å². The van der Waals surface area contributed by atoms with Crippen LogP contribution in [0, 0.1) is 0 Å². The van der Waals surface area contributed by atoms with Gasteiger partial charge in [-0.3, -0.25) is 9.59 Å². The molecule has 3 aromatic rings. The van der Waals surface area contributed by atoms with E-state index in [-0.39, 0.29) is 11.8 Å². The fourth-order valence-electron chi connectivity index (χ4n) is 3.61. The van der Waals surface area contributed by atoms with Gasteiger partial charge < -0.3 is 14.8 Å². The smallest absolute Gasteiger partial charge is 0.242 e. The molecule has 0 aliphatic carbocycles. The maximum atomic E-state index is 12.8. The van der Waals surface area contributed by atoms with Gasteiger partial charge in [-0.1, -0.05) is 30.3 Å². The van der Waals surface area contributed by atoms with Crippen molar-refractivity contribution in [3.63, 3.8) is 0 Å². The van der Waals surface area contributed by atoms with Crippen molar-refractivity contribution >= 4 is 28.4 Å². The molecule has 1 aromatic heterocycles. The first-order valence-corrected chi connectivity index (χ1v) is 8.82. The lowest BCUT2D eigenvalue weighted by molar-refractivity contribution is -0.132. The lowest BCUT2D eigenvalue weighted by atomic mass is 10.00. The molecular weight excluding hydrogens is 326 g/mol. The molecule has 2 heterocycles. The number of benzene rings is 2. The SMILES string of the molecule is CC(=O)Nc1cccc2c1ccn2CC(=O)N1CCc2ccccc2C1. The van der Waals surface area contributed by atoms with E-state index in [1.165, 1.54) is 18.1 Å². The van der Waals surface area contributed by atoms with Gasteiger partial charge in [-0.15, -0.1) is 0 Å². The monoisotopic (exact) mass is 347 g/mol. The van der Waals surface area contributed by atoms with Gasteiger partial charge in [0.2, 0.25) is 11.8 Å². The van der Waals surface area contributed by atoms with Crippen molar-refractivity contribution in [2.24, 2.45) is 0 Å². The third-order valence-electron chi connectivity index (χ3n) is 4.91. The minimum Gasteiger partial charge on any atom is -0.338 e. The highest BCUT2D eigenvalue weighted by Crippen LogP contribution is 2.25. The Hall–Kier alpha value is -3.08. The predicted octanol–water partition coefficient (Wildman–Crippen LogP) is 3.18. The molecule has 132 valence electrons. The van der Waals surface area contributed by atoms with Crippen LogP contribution < -0.4 is 5.32 Å². The number of hydrogen-bond acceptors (Lipinski definition) is 2. The summed E-state index contributed by atoms with van der Waals surface area (Å²) in [7, 11) is 0. The summed E-state index contributed by atoms with van der Waals surface area (Å²) in [5, 5.41) is 3.79. The number of amides is 2. The highest BCUT2D eigenvalue weighted by molar-refractivity contribution is 6.01. The zero-order valence-corrected chi connectivity index (χ0v) is 14.7. The Labute approximate surface area is 152 Å². The van der Waals surface area contributed by atoms with Crippen LogP contribution in [0.25, 0.3) is 10.9 Å². The molecule has 0 bridgehead atoms. The van der Waals surface area contributed by atoms with Crippen molar-refractivity contribution < 1.29 is 9.59 Å². The Morgan fingerprint density at radius 2 is 1.85 bits per heavy atom. The first-order chi connectivity index (χ1) is 12.6. The van der Waals surface area contributed by atoms with E-state index in [0.717, 1.165) is 29.6 Å². The Morgan fingerprint density at radius 1 is 1.04 bits per heavy atom. The normalized spacial score (nSPS) is 13.5. The van der Waals surface area contributed by atoms with Gasteiger partial charge >= 0.3 is 0 Å². The second-order valence-electron chi connectivity index (χ2n) is 6.70. The number of nitrogens with zero attached hydrogens (tertiary/aromatic N) is 2. The number of rotatable bonds is 3. The summed E-state index contributed by atoms with van der Waals surface area (Å²) < 4.78 is 1.95. The molecule has 2 aromatic carbocycles. The van der Waals surface area contributed by atoms with Gasteiger partial charge in [-0.2, -0.15) is 0 Å². The number of nitrogens with one attached hydrogen (secondary N) is 1. The second-order valence-corrected chi connectivity index (χ2v) is 6.70. The van der Waals surface area contributed by atoms with Crippen LogP contribution >= 0.6 is 0 Å². The average molecular weight is 347 g/mol. The third-order valence-corrected chi connectivity index (χ3v) is 4.91. The molecule has 5 nitrogen and oxygen atoms in total. The van der Waals surface area contributed by atoms with Crippen LogP contribution in [0.3, 0.4) is 0 Å². The zero-order chi connectivity index (χ0) is 18.1. The number of hydrogen-bond donors (Lipinski definition) is 1. The zero-order valence-electron chi connectivity index (χ0n) is 14.7. The molecule has 1 aliphatic heterocycles. The summed E-state index contributed by atoms with van der Waals surface area (Å²) in [4.78, 5) is 26.1. The van der Waals surface area contributed by atoms with Gasteiger partial charge in [0.05, 0.1) is 11.2 Å². The van der Waals surface area contributed by atoms with E-state index in [2.05, 4.69) is 23.5 Å². The lowest BCUT2D eigenvalue weighted by Crippen LogP contribution is -2.37. The van der Waals surface area contributed by atoms with Gasteiger partial charge in [0.15, 0.2) is 0 Å². The fraction of sp³-hybridized carbons (Fsp3) is 0.238. The van der Waals surface area contributed by atoms with E-state index in [0.29, 0.717) is 13.1 Å². The Kier molecular flexibility index (Phi) is 4.21. The minimum atomic E-state index is -0.103. The standard InChI is InChI=1S/C21H21N3O2/c1-15(25)22-19-7-4-8-20-18(19)10-12-23(20)14-21(26)24-11-9-16-5-2-3-6-17(16)13-24/h2-8,10,12H,9,11,13-14H2,1H3,(H,22,25). The number of anilines is 1. The van der Waals surface area contributed by atoms with Crippen molar-refractivity contribution in [3.8, 4) is 0 Å². The van der Waals surface area contributed by atoms with Gasteiger partial charge in [0.25, 0.3) is 0 Å². The molecule has 0 saturated carbocycles. The Bertz CT molecular complexity index is 990. The van der Waals surface area contributed by atoms with E-state index in [1.54, 1.807) is 0 Å². The highest BCUT2D eigenvalue weighted by atomic mass is 16.2. The minimum absolute atomic E-state index is 0.103. The van der Waals surface area contributed by atoms with Gasteiger partial charge in [-0.25, -0.2) is 0 Å². The molecule has 4 rings (SSSR count). The Balaban J connectivity index is 1.54. The molecular formula is C21H21N3O2. The first-order valence-electron chi connectivity index (χ1n) is 8.82. The van der Waals surface area contributed by atoms with Gasteiger partial charge in [-0.05, 0) is 35.7 Å². The average Bonchev–Trinajstić information content (AvgIpc) is 3.05. The summed E-state index contributed by atoms with van der Waals surface area (Å²) in [6.45, 7) is 3.22. The predicted molar refractivity (Wildman–Crippen MR) is 102 cm³/mol. The van der Waals surface area contributed by atoms with Crippen LogP contribution in [0.5, 0.6) is 0 Å². The van der Waals surface area contributed by atoms with E-state index in [9.17, 15) is 9.59 Å². The number of aromatic nitrogens is 1. The fourth-order valence-corrected chi connectivity index (χ4v) is 3.61. The molecule has 0 saturated heterocycles. The summed E-state index contributed by atoms with van der Waals surface area (Å²) >= 11 is 0.